The molecule has 0 unspecified atom stereocenters. The lowest BCUT2D eigenvalue weighted by atomic mass is 10.2. The Labute approximate surface area is 359 Å². The van der Waals surface area contributed by atoms with Crippen LogP contribution < -0.4 is 4.90 Å². The molecule has 33 N–H and O–H groups in total. The maximum absolute atomic E-state index is 7.17. The molecule has 0 aliphatic carbocycles. The van der Waals surface area contributed by atoms with Gasteiger partial charge in [0.05, 0.1) is 0 Å². The molecule has 3 aromatic carbocycles. The average Bonchev–Trinajstić information content (AvgIpc) is 3.04. The largest absolute Gasteiger partial charge is 0.631 e. The molecular formula is C18H48B11NO33. The Morgan fingerprint density at radius 2 is 0.254 bits per heavy atom. The number of benzene rings is 3. The lowest BCUT2D eigenvalue weighted by Gasteiger charge is -2.25. The molecule has 63 heavy (non-hydrogen) atoms. The van der Waals surface area contributed by atoms with Crippen LogP contribution in [0, 0.1) is 0 Å². The van der Waals surface area contributed by atoms with E-state index in [-0.39, 0.29) is 0 Å². The Kier molecular flexibility index (Phi) is 77.5. The zero-order chi connectivity index (χ0) is 52.3. The van der Waals surface area contributed by atoms with Crippen LogP contribution in [-0.2, 0) is 0 Å². The normalized spacial score (nSPS) is 7.76. The quantitative estimate of drug-likeness (QED) is 0.108. The van der Waals surface area contributed by atoms with Crippen molar-refractivity contribution in [3.63, 3.8) is 0 Å². The number of nitrogens with zero attached hydrogens (tertiary/aromatic N) is 1. The second-order valence-electron chi connectivity index (χ2n) is 8.15. The van der Waals surface area contributed by atoms with Gasteiger partial charge in [-0.05, 0) is 36.4 Å². The molecule has 0 atom stereocenters. The second kappa shape index (κ2) is 60.9. The van der Waals surface area contributed by atoms with Crippen LogP contribution in [0.2, 0.25) is 0 Å². The monoisotopic (exact) mass is 927 g/mol. The maximum Gasteiger partial charge on any atom is 0.631 e. The second-order valence-corrected chi connectivity index (χ2v) is 8.15. The first kappa shape index (κ1) is 80.2. The van der Waals surface area contributed by atoms with Crippen molar-refractivity contribution in [2.45, 2.75) is 0 Å². The van der Waals surface area contributed by atoms with E-state index >= 15 is 0 Å². The molecule has 0 saturated carbocycles. The molecular weight excluding hydrogens is 877 g/mol. The summed E-state index contributed by atoms with van der Waals surface area (Å²) in [6.07, 6.45) is 0. The van der Waals surface area contributed by atoms with Gasteiger partial charge in [0.1, 0.15) is 0 Å². The Hall–Kier alpha value is -3.15. The van der Waals surface area contributed by atoms with Crippen LogP contribution >= 0.6 is 0 Å². The average molecular weight is 925 g/mol. The highest BCUT2D eigenvalue weighted by molar-refractivity contribution is 6.32. The van der Waals surface area contributed by atoms with E-state index in [1.807, 2.05) is 18.2 Å². The Bertz CT molecular complexity index is 955. The molecule has 34 nitrogen and oxygen atoms in total. The summed E-state index contributed by atoms with van der Waals surface area (Å²) in [5.74, 6) is 0. The maximum atomic E-state index is 7.17. The molecule has 0 amide bonds. The van der Waals surface area contributed by atoms with Crippen LogP contribution in [0.25, 0.3) is 0 Å². The van der Waals surface area contributed by atoms with E-state index in [4.69, 9.17) is 166 Å². The summed E-state index contributed by atoms with van der Waals surface area (Å²) in [7, 11) is -23.8. The molecule has 0 radical (unpaired) electrons. The van der Waals surface area contributed by atoms with Crippen LogP contribution in [0.5, 0.6) is 0 Å². The minimum Gasteiger partial charge on any atom is -0.402 e. The van der Waals surface area contributed by atoms with Crippen molar-refractivity contribution in [2.24, 2.45) is 0 Å². The van der Waals surface area contributed by atoms with Gasteiger partial charge >= 0.3 is 80.5 Å². The van der Waals surface area contributed by atoms with Gasteiger partial charge in [-0.15, -0.1) is 0 Å². The molecule has 356 valence electrons. The van der Waals surface area contributed by atoms with E-state index in [1.54, 1.807) is 0 Å². The van der Waals surface area contributed by atoms with Gasteiger partial charge in [0.25, 0.3) is 0 Å². The SMILES string of the molecule is OB(O)O.OB(O)O.OB(O)O.OB(O)O.OB(O)O.OB(O)O.OB(O)O.OB(O)O.OB(O)O.OB(O)O.OB(O)O.c1ccc(N(c2ccccc2)c2ccccc2)cc1. The van der Waals surface area contributed by atoms with Crippen LogP contribution in [0.15, 0.2) is 91.0 Å². The predicted octanol–water partition coefficient (Wildman–Crippen LogP) is -17.4. The molecule has 0 saturated heterocycles. The topological polar surface area (TPSA) is 671 Å². The van der Waals surface area contributed by atoms with Gasteiger partial charge in [0.2, 0.25) is 0 Å². The highest BCUT2D eigenvalue weighted by Gasteiger charge is 2.10. The van der Waals surface area contributed by atoms with Crippen LogP contribution in [-0.4, -0.2) is 246 Å². The Balaban J connectivity index is -0.0000000800. The number of para-hydroxylation sites is 3. The number of anilines is 3. The van der Waals surface area contributed by atoms with Gasteiger partial charge in [0, 0.05) is 17.1 Å². The lowest BCUT2D eigenvalue weighted by Crippen LogP contribution is -2.09. The highest BCUT2D eigenvalue weighted by atomic mass is 16.6. The van der Waals surface area contributed by atoms with E-state index in [9.17, 15) is 0 Å². The fraction of sp³-hybridized carbons (Fsp3) is 0. The standard InChI is InChI=1S/C18H15N.11BH3O3/c1-4-10-16(11-5-1)19(17-12-6-2-7-13-17)18-14-8-3-9-15-18;11*2-1(3)4/h1-15H;11*2-4H. The van der Waals surface area contributed by atoms with Crippen LogP contribution in [0.4, 0.5) is 17.1 Å². The summed E-state index contributed by atoms with van der Waals surface area (Å²) in [6.45, 7) is 0. The number of hydrogen-bond acceptors (Lipinski definition) is 34. The van der Waals surface area contributed by atoms with E-state index in [0.717, 1.165) is 0 Å². The van der Waals surface area contributed by atoms with Gasteiger partial charge in [-0.1, -0.05) is 54.6 Å². The third-order valence-electron chi connectivity index (χ3n) is 3.04. The smallest absolute Gasteiger partial charge is 0.402 e. The summed E-state index contributed by atoms with van der Waals surface area (Å²) in [6, 6.07) is 31.3. The molecule has 3 rings (SSSR count). The lowest BCUT2D eigenvalue weighted by molar-refractivity contribution is 0.276. The van der Waals surface area contributed by atoms with Gasteiger partial charge in [-0.2, -0.15) is 0 Å². The van der Waals surface area contributed by atoms with Gasteiger partial charge in [0.15, 0.2) is 0 Å². The van der Waals surface area contributed by atoms with E-state index in [0.29, 0.717) is 0 Å². The molecule has 0 spiro atoms. The zero-order valence-electron chi connectivity index (χ0n) is 31.7. The Morgan fingerprint density at radius 3 is 0.333 bits per heavy atom. The van der Waals surface area contributed by atoms with E-state index in [2.05, 4.69) is 77.7 Å². The molecule has 45 heteroatoms. The van der Waals surface area contributed by atoms with Crippen LogP contribution in [0.1, 0.15) is 0 Å². The van der Waals surface area contributed by atoms with Crippen molar-refractivity contribution in [1.82, 2.24) is 0 Å². The summed E-state index contributed by atoms with van der Waals surface area (Å²) in [5, 5.41) is 236. The van der Waals surface area contributed by atoms with Crippen molar-refractivity contribution >= 4 is 97.6 Å². The predicted molar refractivity (Wildman–Crippen MR) is 218 cm³/mol. The van der Waals surface area contributed by atoms with Crippen molar-refractivity contribution in [3.05, 3.63) is 91.0 Å². The number of rotatable bonds is 3. The van der Waals surface area contributed by atoms with Gasteiger partial charge in [-0.25, -0.2) is 0 Å². The molecule has 0 aromatic heterocycles. The van der Waals surface area contributed by atoms with E-state index < -0.39 is 80.5 Å². The molecule has 0 aliphatic rings. The summed E-state index contributed by atoms with van der Waals surface area (Å²) >= 11 is 0. The third-order valence-corrected chi connectivity index (χ3v) is 3.04. The Morgan fingerprint density at radius 1 is 0.175 bits per heavy atom. The van der Waals surface area contributed by atoms with Crippen molar-refractivity contribution in [3.8, 4) is 0 Å². The molecule has 3 aromatic rings. The first-order chi connectivity index (χ1) is 28.5. The fourth-order valence-electron chi connectivity index (χ4n) is 2.18. The van der Waals surface area contributed by atoms with Gasteiger partial charge < -0.3 is 171 Å². The van der Waals surface area contributed by atoms with Gasteiger partial charge in [-0.3, -0.25) is 0 Å². The van der Waals surface area contributed by atoms with Crippen molar-refractivity contribution in [2.75, 3.05) is 4.90 Å². The molecule has 0 fully saturated rings. The molecule has 0 bridgehead atoms. The summed E-state index contributed by atoms with van der Waals surface area (Å²) in [4.78, 5) is 2.25. The highest BCUT2D eigenvalue weighted by Crippen LogP contribution is 2.33. The fourth-order valence-corrected chi connectivity index (χ4v) is 2.18. The van der Waals surface area contributed by atoms with E-state index in [1.165, 1.54) is 17.1 Å². The molecule has 0 heterocycles. The zero-order valence-corrected chi connectivity index (χ0v) is 31.7. The first-order valence-electron chi connectivity index (χ1n) is 14.9. The summed E-state index contributed by atoms with van der Waals surface area (Å²) < 4.78 is 0. The minimum absolute atomic E-state index is 1.17. The summed E-state index contributed by atoms with van der Waals surface area (Å²) in [5.41, 5.74) is 3.50. The number of hydrogen-bond donors (Lipinski definition) is 33. The first-order valence-corrected chi connectivity index (χ1v) is 14.9. The third kappa shape index (κ3) is 176. The minimum atomic E-state index is -2.17. The van der Waals surface area contributed by atoms with Crippen molar-refractivity contribution < 1.29 is 166 Å². The molecule has 0 aliphatic heterocycles. The van der Waals surface area contributed by atoms with Crippen LogP contribution in [0.3, 0.4) is 0 Å². The van der Waals surface area contributed by atoms with Crippen molar-refractivity contribution in [1.29, 1.82) is 0 Å².